The maximum Gasteiger partial charge on any atom is 0.282 e. The van der Waals surface area contributed by atoms with Crippen LogP contribution in [0.5, 0.6) is 0 Å². The van der Waals surface area contributed by atoms with E-state index >= 15 is 0 Å². The molecule has 0 saturated carbocycles. The van der Waals surface area contributed by atoms with Crippen molar-refractivity contribution in [2.75, 3.05) is 13.1 Å². The second kappa shape index (κ2) is 7.67. The molecule has 3 aromatic rings. The highest BCUT2D eigenvalue weighted by molar-refractivity contribution is 5.65. The molecular weight excluding hydrogens is 322 g/mol. The summed E-state index contributed by atoms with van der Waals surface area (Å²) in [4.78, 5) is 6.05. The molecule has 4 nitrogen and oxygen atoms in total. The monoisotopic (exact) mass is 346 g/mol. The van der Waals surface area contributed by atoms with Gasteiger partial charge in [-0.05, 0) is 29.2 Å². The van der Waals surface area contributed by atoms with E-state index in [9.17, 15) is 0 Å². The van der Waals surface area contributed by atoms with Gasteiger partial charge in [-0.25, -0.2) is 0 Å². The molecule has 0 radical (unpaired) electrons. The molecule has 1 N–H and O–H groups in total. The fourth-order valence-electron chi connectivity index (χ4n) is 3.41. The molecule has 26 heavy (non-hydrogen) atoms. The van der Waals surface area contributed by atoms with Gasteiger partial charge in [0.1, 0.15) is 0 Å². The predicted molar refractivity (Wildman–Crippen MR) is 103 cm³/mol. The SMILES string of the molecule is CCc1ccc(-c2noc(C[NH+]3CC=C(c4ccccc4)CC3)n2)cc1. The fourth-order valence-corrected chi connectivity index (χ4v) is 3.41. The maximum absolute atomic E-state index is 5.49. The summed E-state index contributed by atoms with van der Waals surface area (Å²) >= 11 is 0. The molecule has 0 bridgehead atoms. The standard InChI is InChI=1S/C22H23N3O/c1-2-17-8-10-20(11-9-17)22-23-21(26-24-22)16-25-14-12-19(13-15-25)18-6-4-3-5-7-18/h3-12H,2,13-16H2,1H3/p+1. The van der Waals surface area contributed by atoms with E-state index in [2.05, 4.69) is 77.7 Å². The van der Waals surface area contributed by atoms with Gasteiger partial charge >= 0.3 is 0 Å². The lowest BCUT2D eigenvalue weighted by atomic mass is 10.00. The molecule has 1 unspecified atom stereocenters. The van der Waals surface area contributed by atoms with Crippen LogP contribution >= 0.6 is 0 Å². The first-order valence-corrected chi connectivity index (χ1v) is 9.31. The number of nitrogens with one attached hydrogen (secondary N) is 1. The molecule has 1 aliphatic heterocycles. The number of nitrogens with zero attached hydrogens (tertiary/aromatic N) is 2. The zero-order chi connectivity index (χ0) is 17.8. The van der Waals surface area contributed by atoms with Crippen molar-refractivity contribution < 1.29 is 9.42 Å². The van der Waals surface area contributed by atoms with Gasteiger partial charge in [0.15, 0.2) is 6.54 Å². The molecule has 132 valence electrons. The number of hydrogen-bond acceptors (Lipinski definition) is 3. The fraction of sp³-hybridized carbons (Fsp3) is 0.273. The lowest BCUT2D eigenvalue weighted by molar-refractivity contribution is -0.910. The Bertz CT molecular complexity index is 881. The molecule has 4 heteroatoms. The number of quaternary nitrogens is 1. The van der Waals surface area contributed by atoms with Crippen LogP contribution in [0.3, 0.4) is 0 Å². The van der Waals surface area contributed by atoms with Crippen molar-refractivity contribution in [2.45, 2.75) is 26.3 Å². The van der Waals surface area contributed by atoms with Crippen molar-refractivity contribution in [3.05, 3.63) is 77.7 Å². The van der Waals surface area contributed by atoms with Gasteiger partial charge in [0.05, 0.1) is 13.1 Å². The van der Waals surface area contributed by atoms with Gasteiger partial charge in [-0.3, -0.25) is 0 Å². The minimum Gasteiger partial charge on any atom is -0.333 e. The zero-order valence-corrected chi connectivity index (χ0v) is 15.1. The smallest absolute Gasteiger partial charge is 0.282 e. The van der Waals surface area contributed by atoms with Gasteiger partial charge < -0.3 is 9.42 Å². The first-order valence-electron chi connectivity index (χ1n) is 9.31. The van der Waals surface area contributed by atoms with E-state index in [-0.39, 0.29) is 0 Å². The van der Waals surface area contributed by atoms with E-state index in [0.717, 1.165) is 38.0 Å². The quantitative estimate of drug-likeness (QED) is 0.772. The van der Waals surface area contributed by atoms with Crippen LogP contribution in [0.15, 0.2) is 65.2 Å². The number of rotatable bonds is 5. The molecule has 2 aromatic carbocycles. The third-order valence-electron chi connectivity index (χ3n) is 5.02. The molecule has 0 saturated heterocycles. The van der Waals surface area contributed by atoms with Crippen LogP contribution in [0.25, 0.3) is 17.0 Å². The van der Waals surface area contributed by atoms with Crippen molar-refractivity contribution >= 4 is 5.57 Å². The highest BCUT2D eigenvalue weighted by atomic mass is 16.5. The van der Waals surface area contributed by atoms with Crippen molar-refractivity contribution in [1.29, 1.82) is 0 Å². The lowest BCUT2D eigenvalue weighted by Gasteiger charge is -2.22. The highest BCUT2D eigenvalue weighted by Crippen LogP contribution is 2.19. The van der Waals surface area contributed by atoms with Crippen LogP contribution in [0.1, 0.15) is 30.4 Å². The minimum absolute atomic E-state index is 0.680. The van der Waals surface area contributed by atoms with Gasteiger partial charge in [0.25, 0.3) is 5.89 Å². The third kappa shape index (κ3) is 3.75. The van der Waals surface area contributed by atoms with Gasteiger partial charge in [-0.1, -0.05) is 66.7 Å². The van der Waals surface area contributed by atoms with E-state index < -0.39 is 0 Å². The first kappa shape index (κ1) is 16.7. The summed E-state index contributed by atoms with van der Waals surface area (Å²) in [6.07, 6.45) is 4.46. The average molecular weight is 346 g/mol. The van der Waals surface area contributed by atoms with Crippen molar-refractivity contribution in [2.24, 2.45) is 0 Å². The van der Waals surface area contributed by atoms with Crippen LogP contribution in [0, 0.1) is 0 Å². The maximum atomic E-state index is 5.49. The summed E-state index contributed by atoms with van der Waals surface area (Å²) in [7, 11) is 0. The Labute approximate surface area is 154 Å². The largest absolute Gasteiger partial charge is 0.333 e. The molecular formula is C22H24N3O+. The Morgan fingerprint density at radius 3 is 2.50 bits per heavy atom. The highest BCUT2D eigenvalue weighted by Gasteiger charge is 2.19. The second-order valence-electron chi connectivity index (χ2n) is 6.79. The van der Waals surface area contributed by atoms with Crippen molar-refractivity contribution in [3.63, 3.8) is 0 Å². The average Bonchev–Trinajstić information content (AvgIpc) is 3.18. The van der Waals surface area contributed by atoms with E-state index in [1.807, 2.05) is 0 Å². The van der Waals surface area contributed by atoms with Crippen molar-refractivity contribution in [1.82, 2.24) is 10.1 Å². The Morgan fingerprint density at radius 1 is 1.00 bits per heavy atom. The Hall–Kier alpha value is -2.72. The summed E-state index contributed by atoms with van der Waals surface area (Å²) in [5, 5.41) is 4.16. The molecule has 0 fully saturated rings. The number of benzene rings is 2. The molecule has 1 atom stereocenters. The molecule has 1 aliphatic rings. The van der Waals surface area contributed by atoms with E-state index in [1.54, 1.807) is 0 Å². The normalized spacial score (nSPS) is 17.1. The van der Waals surface area contributed by atoms with Gasteiger partial charge in [0, 0.05) is 12.0 Å². The lowest BCUT2D eigenvalue weighted by Crippen LogP contribution is -3.11. The molecule has 4 rings (SSSR count). The predicted octanol–water partition coefficient (Wildman–Crippen LogP) is 3.17. The summed E-state index contributed by atoms with van der Waals surface area (Å²) in [5.74, 6) is 1.39. The van der Waals surface area contributed by atoms with Crippen molar-refractivity contribution in [3.8, 4) is 11.4 Å². The van der Waals surface area contributed by atoms with E-state index in [0.29, 0.717) is 11.7 Å². The summed E-state index contributed by atoms with van der Waals surface area (Å²) in [6, 6.07) is 19.0. The molecule has 0 spiro atoms. The molecule has 1 aromatic heterocycles. The van der Waals surface area contributed by atoms with Gasteiger partial charge in [-0.15, -0.1) is 0 Å². The Morgan fingerprint density at radius 2 is 1.81 bits per heavy atom. The van der Waals surface area contributed by atoms with Crippen LogP contribution in [0.4, 0.5) is 0 Å². The summed E-state index contributed by atoms with van der Waals surface area (Å²) < 4.78 is 5.49. The first-order chi connectivity index (χ1) is 12.8. The van der Waals surface area contributed by atoms with Crippen LogP contribution in [-0.4, -0.2) is 23.2 Å². The molecule has 0 amide bonds. The topological polar surface area (TPSA) is 43.4 Å². The van der Waals surface area contributed by atoms with Crippen LogP contribution < -0.4 is 4.90 Å². The minimum atomic E-state index is 0.680. The summed E-state index contributed by atoms with van der Waals surface area (Å²) in [5.41, 5.74) is 5.10. The third-order valence-corrected chi connectivity index (χ3v) is 5.02. The van der Waals surface area contributed by atoms with Crippen LogP contribution in [0.2, 0.25) is 0 Å². The number of hydrogen-bond donors (Lipinski definition) is 1. The Balaban J connectivity index is 1.39. The summed E-state index contributed by atoms with van der Waals surface area (Å²) in [6.45, 7) is 5.01. The van der Waals surface area contributed by atoms with Gasteiger partial charge in [-0.2, -0.15) is 4.98 Å². The molecule has 0 aliphatic carbocycles. The number of aromatic nitrogens is 2. The zero-order valence-electron chi connectivity index (χ0n) is 15.1. The number of aryl methyl sites for hydroxylation is 1. The molecule has 2 heterocycles. The Kier molecular flexibility index (Phi) is 4.93. The van der Waals surface area contributed by atoms with E-state index in [1.165, 1.54) is 21.6 Å². The van der Waals surface area contributed by atoms with Crippen LogP contribution in [-0.2, 0) is 13.0 Å². The van der Waals surface area contributed by atoms with Gasteiger partial charge in [0.2, 0.25) is 5.82 Å². The second-order valence-corrected chi connectivity index (χ2v) is 6.79. The van der Waals surface area contributed by atoms with E-state index in [4.69, 9.17) is 4.52 Å².